The molecule has 124 valence electrons. The number of aromatic hydroxyl groups is 1. The van der Waals surface area contributed by atoms with Gasteiger partial charge in [-0.25, -0.2) is 4.99 Å². The van der Waals surface area contributed by atoms with Crippen LogP contribution in [0, 0.1) is 0 Å². The number of benzene rings is 2. The molecule has 0 fully saturated rings. The number of nitrogens with zero attached hydrogens (tertiary/aromatic N) is 1. The minimum absolute atomic E-state index is 0. The first-order valence-electron chi connectivity index (χ1n) is 6.70. The lowest BCUT2D eigenvalue weighted by Crippen LogP contribution is -2.22. The second-order valence-corrected chi connectivity index (χ2v) is 4.54. The Morgan fingerprint density at radius 2 is 1.70 bits per heavy atom. The Balaban J connectivity index is 0.00000264. The molecule has 0 atom stereocenters. The van der Waals surface area contributed by atoms with E-state index in [1.807, 2.05) is 30.3 Å². The molecule has 2 aromatic carbocycles. The molecule has 7 heteroatoms. The van der Waals surface area contributed by atoms with E-state index >= 15 is 0 Å². The molecule has 4 N–H and O–H groups in total. The van der Waals surface area contributed by atoms with E-state index in [0.717, 1.165) is 11.3 Å². The number of ether oxygens (including phenoxy) is 2. The van der Waals surface area contributed by atoms with Crippen molar-refractivity contribution in [2.45, 2.75) is 6.54 Å². The van der Waals surface area contributed by atoms with E-state index < -0.39 is 0 Å². The highest BCUT2D eigenvalue weighted by Crippen LogP contribution is 2.37. The van der Waals surface area contributed by atoms with E-state index in [-0.39, 0.29) is 29.7 Å². The zero-order valence-corrected chi connectivity index (χ0v) is 15.3. The minimum Gasteiger partial charge on any atom is -0.502 e. The number of rotatable bonds is 5. The Morgan fingerprint density at radius 3 is 2.22 bits per heavy atom. The fourth-order valence-corrected chi connectivity index (χ4v) is 1.92. The van der Waals surface area contributed by atoms with Crippen LogP contribution in [-0.2, 0) is 6.54 Å². The topological polar surface area (TPSA) is 89.1 Å². The quantitative estimate of drug-likeness (QED) is 0.387. The van der Waals surface area contributed by atoms with Crippen molar-refractivity contribution in [2.24, 2.45) is 10.7 Å². The predicted molar refractivity (Wildman–Crippen MR) is 102 cm³/mol. The van der Waals surface area contributed by atoms with Crippen molar-refractivity contribution in [3.63, 3.8) is 0 Å². The summed E-state index contributed by atoms with van der Waals surface area (Å²) in [5.41, 5.74) is 7.53. The van der Waals surface area contributed by atoms with Crippen molar-refractivity contribution in [2.75, 3.05) is 19.5 Å². The van der Waals surface area contributed by atoms with Crippen LogP contribution in [0.4, 0.5) is 5.69 Å². The summed E-state index contributed by atoms with van der Waals surface area (Å²) in [5.74, 6) is 0.934. The summed E-state index contributed by atoms with van der Waals surface area (Å²) in [6.07, 6.45) is 0. The Kier molecular flexibility index (Phi) is 7.46. The highest BCUT2D eigenvalue weighted by Gasteiger charge is 2.10. The molecule has 0 aromatic heterocycles. The van der Waals surface area contributed by atoms with Crippen molar-refractivity contribution in [3.05, 3.63) is 48.0 Å². The number of anilines is 1. The van der Waals surface area contributed by atoms with E-state index in [2.05, 4.69) is 10.3 Å². The average Bonchev–Trinajstić information content (AvgIpc) is 2.54. The van der Waals surface area contributed by atoms with Crippen LogP contribution in [0.1, 0.15) is 5.56 Å². The third-order valence-electron chi connectivity index (χ3n) is 3.02. The van der Waals surface area contributed by atoms with Gasteiger partial charge < -0.3 is 25.6 Å². The van der Waals surface area contributed by atoms with Gasteiger partial charge in [0.1, 0.15) is 0 Å². The molecule has 2 rings (SSSR count). The van der Waals surface area contributed by atoms with Gasteiger partial charge in [-0.15, -0.1) is 24.0 Å². The number of hydrogen-bond acceptors (Lipinski definition) is 4. The number of phenolic OH excluding ortho intramolecular Hbond substituents is 1. The summed E-state index contributed by atoms with van der Waals surface area (Å²) < 4.78 is 10.2. The van der Waals surface area contributed by atoms with Gasteiger partial charge in [-0.2, -0.15) is 0 Å². The standard InChI is InChI=1S/C16H19N3O3.HI/c1-21-13-8-11(9-14(22-2)15(13)20)10-18-16(17)19-12-6-4-3-5-7-12;/h3-9,20H,10H2,1-2H3,(H3,17,18,19);1H. The molecule has 0 bridgehead atoms. The van der Waals surface area contributed by atoms with Crippen molar-refractivity contribution in [1.29, 1.82) is 0 Å². The number of para-hydroxylation sites is 1. The molecule has 0 heterocycles. The Morgan fingerprint density at radius 1 is 1.13 bits per heavy atom. The smallest absolute Gasteiger partial charge is 0.200 e. The van der Waals surface area contributed by atoms with Crippen LogP contribution in [0.3, 0.4) is 0 Å². The summed E-state index contributed by atoms with van der Waals surface area (Å²) in [7, 11) is 2.96. The number of nitrogens with one attached hydrogen (secondary N) is 1. The Hall–Kier alpha value is -2.16. The van der Waals surface area contributed by atoms with Gasteiger partial charge in [0.2, 0.25) is 5.75 Å². The molecule has 0 unspecified atom stereocenters. The number of hydrogen-bond donors (Lipinski definition) is 3. The van der Waals surface area contributed by atoms with Gasteiger partial charge in [0.15, 0.2) is 17.5 Å². The van der Waals surface area contributed by atoms with Crippen LogP contribution in [0.15, 0.2) is 47.5 Å². The fraction of sp³-hybridized carbons (Fsp3) is 0.188. The molecule has 0 spiro atoms. The Labute approximate surface area is 152 Å². The number of phenols is 1. The number of methoxy groups -OCH3 is 2. The Bertz CT molecular complexity index is 638. The van der Waals surface area contributed by atoms with Gasteiger partial charge in [0.25, 0.3) is 0 Å². The minimum atomic E-state index is -0.0342. The fourth-order valence-electron chi connectivity index (χ4n) is 1.92. The van der Waals surface area contributed by atoms with Gasteiger partial charge in [0, 0.05) is 5.69 Å². The van der Waals surface area contributed by atoms with E-state index in [1.54, 1.807) is 12.1 Å². The summed E-state index contributed by atoms with van der Waals surface area (Å²) in [5, 5.41) is 12.9. The molecule has 0 aliphatic heterocycles. The number of aliphatic imine (C=N–C) groups is 1. The van der Waals surface area contributed by atoms with E-state index in [9.17, 15) is 5.11 Å². The molecular formula is C16H20IN3O3. The molecule has 0 amide bonds. The lowest BCUT2D eigenvalue weighted by molar-refractivity contribution is 0.339. The van der Waals surface area contributed by atoms with Crippen LogP contribution in [0.2, 0.25) is 0 Å². The summed E-state index contributed by atoms with van der Waals surface area (Å²) >= 11 is 0. The lowest BCUT2D eigenvalue weighted by atomic mass is 10.2. The van der Waals surface area contributed by atoms with Gasteiger partial charge in [-0.1, -0.05) is 18.2 Å². The highest BCUT2D eigenvalue weighted by atomic mass is 127. The zero-order chi connectivity index (χ0) is 15.9. The van der Waals surface area contributed by atoms with Gasteiger partial charge in [-0.3, -0.25) is 0 Å². The summed E-state index contributed by atoms with van der Waals surface area (Å²) in [6.45, 7) is 0.332. The summed E-state index contributed by atoms with van der Waals surface area (Å²) in [4.78, 5) is 4.26. The van der Waals surface area contributed by atoms with Crippen LogP contribution in [0.25, 0.3) is 0 Å². The maximum absolute atomic E-state index is 9.86. The summed E-state index contributed by atoms with van der Waals surface area (Å²) in [6, 6.07) is 12.9. The largest absolute Gasteiger partial charge is 0.502 e. The molecule has 6 nitrogen and oxygen atoms in total. The van der Waals surface area contributed by atoms with Crippen molar-refractivity contribution < 1.29 is 14.6 Å². The predicted octanol–water partition coefficient (Wildman–Crippen LogP) is 2.95. The molecule has 0 aliphatic rings. The first-order valence-corrected chi connectivity index (χ1v) is 6.70. The first-order chi connectivity index (χ1) is 10.6. The SMILES string of the molecule is COc1cc(CN=C(N)Nc2ccccc2)cc(OC)c1O.I. The third-order valence-corrected chi connectivity index (χ3v) is 3.02. The number of guanidine groups is 1. The molecule has 0 radical (unpaired) electrons. The number of nitrogens with two attached hydrogens (primary N) is 1. The average molecular weight is 429 g/mol. The van der Waals surface area contributed by atoms with E-state index in [0.29, 0.717) is 24.0 Å². The second kappa shape index (κ2) is 9.09. The molecule has 0 aliphatic carbocycles. The van der Waals surface area contributed by atoms with Crippen molar-refractivity contribution >= 4 is 35.6 Å². The number of halogens is 1. The van der Waals surface area contributed by atoms with Gasteiger partial charge >= 0.3 is 0 Å². The van der Waals surface area contributed by atoms with Crippen LogP contribution < -0.4 is 20.5 Å². The molecule has 2 aromatic rings. The first kappa shape index (κ1) is 18.9. The lowest BCUT2D eigenvalue weighted by Gasteiger charge is -2.10. The van der Waals surface area contributed by atoms with E-state index in [1.165, 1.54) is 14.2 Å². The van der Waals surface area contributed by atoms with Gasteiger partial charge in [-0.05, 0) is 29.8 Å². The highest BCUT2D eigenvalue weighted by molar-refractivity contribution is 14.0. The zero-order valence-electron chi connectivity index (χ0n) is 12.9. The molecular weight excluding hydrogens is 409 g/mol. The van der Waals surface area contributed by atoms with Crippen molar-refractivity contribution in [3.8, 4) is 17.2 Å². The monoisotopic (exact) mass is 429 g/mol. The van der Waals surface area contributed by atoms with Crippen LogP contribution >= 0.6 is 24.0 Å². The van der Waals surface area contributed by atoms with Crippen LogP contribution in [0.5, 0.6) is 17.2 Å². The van der Waals surface area contributed by atoms with E-state index in [4.69, 9.17) is 15.2 Å². The third kappa shape index (κ3) is 5.20. The molecule has 23 heavy (non-hydrogen) atoms. The maximum atomic E-state index is 9.86. The van der Waals surface area contributed by atoms with Gasteiger partial charge in [0.05, 0.1) is 20.8 Å². The molecule has 0 saturated heterocycles. The van der Waals surface area contributed by atoms with Crippen molar-refractivity contribution in [1.82, 2.24) is 0 Å². The normalized spacial score (nSPS) is 10.6. The molecule has 0 saturated carbocycles. The maximum Gasteiger partial charge on any atom is 0.200 e. The van der Waals surface area contributed by atoms with Crippen LogP contribution in [-0.4, -0.2) is 25.3 Å². The second-order valence-electron chi connectivity index (χ2n) is 4.54.